The molecule has 26 heavy (non-hydrogen) atoms. The molecule has 0 bridgehead atoms. The standard InChI is InChI=1S/C18H21N3O5/c1-11(22)19-13-2-4-14(5-3-13)21-16(23)10-15(17(21)24)20-8-6-12(7-9-20)18(25)26/h2-5,12,15H,6-10H2,1H3,(H,19,22)(H,25,26)/t15-/m1/s1. The fourth-order valence-corrected chi connectivity index (χ4v) is 3.53. The van der Waals surface area contributed by atoms with Crippen molar-refractivity contribution in [3.05, 3.63) is 24.3 Å². The van der Waals surface area contributed by atoms with Crippen LogP contribution in [0.5, 0.6) is 0 Å². The summed E-state index contributed by atoms with van der Waals surface area (Å²) in [6.45, 7) is 2.39. The molecular formula is C18H21N3O5. The highest BCUT2D eigenvalue weighted by Crippen LogP contribution is 2.29. The number of likely N-dealkylation sites (tertiary alicyclic amines) is 1. The van der Waals surface area contributed by atoms with Crippen LogP contribution in [0, 0.1) is 5.92 Å². The van der Waals surface area contributed by atoms with Crippen molar-refractivity contribution in [1.82, 2.24) is 4.90 Å². The van der Waals surface area contributed by atoms with Gasteiger partial charge in [-0.3, -0.25) is 24.1 Å². The van der Waals surface area contributed by atoms with Gasteiger partial charge in [-0.1, -0.05) is 0 Å². The molecule has 8 nitrogen and oxygen atoms in total. The van der Waals surface area contributed by atoms with Gasteiger partial charge in [0.2, 0.25) is 11.8 Å². The summed E-state index contributed by atoms with van der Waals surface area (Å²) in [5.74, 6) is -1.94. The average Bonchev–Trinajstić information content (AvgIpc) is 2.90. The maximum Gasteiger partial charge on any atom is 0.306 e. The summed E-state index contributed by atoms with van der Waals surface area (Å²) < 4.78 is 0. The predicted molar refractivity (Wildman–Crippen MR) is 93.6 cm³/mol. The quantitative estimate of drug-likeness (QED) is 0.779. The van der Waals surface area contributed by atoms with E-state index in [1.807, 2.05) is 4.90 Å². The number of carbonyl (C=O) groups is 4. The molecule has 8 heteroatoms. The van der Waals surface area contributed by atoms with E-state index in [1.165, 1.54) is 11.8 Å². The number of carboxylic acid groups (broad SMARTS) is 1. The van der Waals surface area contributed by atoms with Crippen molar-refractivity contribution in [2.75, 3.05) is 23.3 Å². The Bertz CT molecular complexity index is 738. The van der Waals surface area contributed by atoms with Gasteiger partial charge in [0, 0.05) is 12.6 Å². The second-order valence-electron chi connectivity index (χ2n) is 6.66. The second kappa shape index (κ2) is 7.25. The van der Waals surface area contributed by atoms with Crippen LogP contribution in [0.4, 0.5) is 11.4 Å². The number of hydrogen-bond donors (Lipinski definition) is 2. The largest absolute Gasteiger partial charge is 0.481 e. The molecule has 1 aromatic carbocycles. The molecule has 1 atom stereocenters. The van der Waals surface area contributed by atoms with E-state index in [4.69, 9.17) is 5.11 Å². The van der Waals surface area contributed by atoms with Crippen molar-refractivity contribution in [1.29, 1.82) is 0 Å². The lowest BCUT2D eigenvalue weighted by atomic mass is 9.96. The van der Waals surface area contributed by atoms with E-state index in [9.17, 15) is 19.2 Å². The van der Waals surface area contributed by atoms with Crippen LogP contribution in [0.1, 0.15) is 26.2 Å². The van der Waals surface area contributed by atoms with Crippen LogP contribution in [-0.4, -0.2) is 52.8 Å². The van der Waals surface area contributed by atoms with Crippen LogP contribution in [-0.2, 0) is 19.2 Å². The molecule has 138 valence electrons. The Hall–Kier alpha value is -2.74. The normalized spacial score (nSPS) is 21.9. The van der Waals surface area contributed by atoms with Crippen LogP contribution >= 0.6 is 0 Å². The Kier molecular flexibility index (Phi) is 5.03. The molecule has 2 N–H and O–H groups in total. The summed E-state index contributed by atoms with van der Waals surface area (Å²) in [6.07, 6.45) is 1.07. The van der Waals surface area contributed by atoms with E-state index in [-0.39, 0.29) is 30.1 Å². The van der Waals surface area contributed by atoms with E-state index in [1.54, 1.807) is 24.3 Å². The Morgan fingerprint density at radius 2 is 1.73 bits per heavy atom. The van der Waals surface area contributed by atoms with Crippen molar-refractivity contribution in [3.8, 4) is 0 Å². The van der Waals surface area contributed by atoms with Gasteiger partial charge < -0.3 is 10.4 Å². The lowest BCUT2D eigenvalue weighted by Gasteiger charge is -2.33. The number of carboxylic acids is 1. The minimum Gasteiger partial charge on any atom is -0.481 e. The molecule has 2 fully saturated rings. The van der Waals surface area contributed by atoms with Crippen molar-refractivity contribution in [2.45, 2.75) is 32.2 Å². The summed E-state index contributed by atoms with van der Waals surface area (Å²) in [7, 11) is 0. The number of amides is 3. The molecule has 3 amide bonds. The summed E-state index contributed by atoms with van der Waals surface area (Å²) >= 11 is 0. The first-order valence-electron chi connectivity index (χ1n) is 8.58. The van der Waals surface area contributed by atoms with Gasteiger partial charge in [0.1, 0.15) is 0 Å². The Morgan fingerprint density at radius 1 is 1.12 bits per heavy atom. The van der Waals surface area contributed by atoms with Gasteiger partial charge in [0.15, 0.2) is 0 Å². The summed E-state index contributed by atoms with van der Waals surface area (Å²) in [5, 5.41) is 11.7. The highest BCUT2D eigenvalue weighted by Gasteiger charge is 2.43. The van der Waals surface area contributed by atoms with E-state index in [2.05, 4.69) is 5.32 Å². The molecule has 0 unspecified atom stereocenters. The third kappa shape index (κ3) is 3.60. The maximum absolute atomic E-state index is 12.8. The van der Waals surface area contributed by atoms with E-state index < -0.39 is 12.0 Å². The lowest BCUT2D eigenvalue weighted by Crippen LogP contribution is -2.46. The van der Waals surface area contributed by atoms with Gasteiger partial charge in [0.25, 0.3) is 5.91 Å². The van der Waals surface area contributed by atoms with Gasteiger partial charge in [-0.15, -0.1) is 0 Å². The SMILES string of the molecule is CC(=O)Nc1ccc(N2C(=O)C[C@@H](N3CCC(C(=O)O)CC3)C2=O)cc1. The number of rotatable bonds is 4. The molecular weight excluding hydrogens is 338 g/mol. The fraction of sp³-hybridized carbons (Fsp3) is 0.444. The zero-order chi connectivity index (χ0) is 18.8. The number of anilines is 2. The first-order valence-corrected chi connectivity index (χ1v) is 8.58. The summed E-state index contributed by atoms with van der Waals surface area (Å²) in [6, 6.07) is 6.00. The Labute approximate surface area is 150 Å². The topological polar surface area (TPSA) is 107 Å². The predicted octanol–water partition coefficient (Wildman–Crippen LogP) is 1.07. The van der Waals surface area contributed by atoms with E-state index >= 15 is 0 Å². The molecule has 1 aromatic rings. The smallest absolute Gasteiger partial charge is 0.306 e. The van der Waals surface area contributed by atoms with Gasteiger partial charge in [-0.25, -0.2) is 4.90 Å². The number of imide groups is 1. The summed E-state index contributed by atoms with van der Waals surface area (Å²) in [5.41, 5.74) is 1.06. The molecule has 2 heterocycles. The highest BCUT2D eigenvalue weighted by atomic mass is 16.4. The minimum absolute atomic E-state index is 0.101. The number of benzene rings is 1. The van der Waals surface area contributed by atoms with E-state index in [0.717, 1.165) is 0 Å². The lowest BCUT2D eigenvalue weighted by molar-refractivity contribution is -0.143. The Balaban J connectivity index is 1.69. The summed E-state index contributed by atoms with van der Waals surface area (Å²) in [4.78, 5) is 50.4. The van der Waals surface area contributed by atoms with Crippen LogP contribution < -0.4 is 10.2 Å². The molecule has 2 aliphatic rings. The average molecular weight is 359 g/mol. The molecule has 0 aliphatic carbocycles. The number of hydrogen-bond acceptors (Lipinski definition) is 5. The zero-order valence-electron chi connectivity index (χ0n) is 14.5. The van der Waals surface area contributed by atoms with Crippen LogP contribution in [0.2, 0.25) is 0 Å². The number of aliphatic carboxylic acids is 1. The Morgan fingerprint density at radius 3 is 2.27 bits per heavy atom. The third-order valence-corrected chi connectivity index (χ3v) is 4.89. The van der Waals surface area contributed by atoms with Crippen LogP contribution in [0.3, 0.4) is 0 Å². The van der Waals surface area contributed by atoms with Gasteiger partial charge in [-0.05, 0) is 50.2 Å². The van der Waals surface area contributed by atoms with Crippen molar-refractivity contribution in [2.24, 2.45) is 5.92 Å². The number of nitrogens with zero attached hydrogens (tertiary/aromatic N) is 2. The zero-order valence-corrected chi connectivity index (χ0v) is 14.5. The fourth-order valence-electron chi connectivity index (χ4n) is 3.53. The monoisotopic (exact) mass is 359 g/mol. The van der Waals surface area contributed by atoms with Crippen LogP contribution in [0.15, 0.2) is 24.3 Å². The molecule has 2 aliphatic heterocycles. The van der Waals surface area contributed by atoms with Gasteiger partial charge >= 0.3 is 5.97 Å². The molecule has 3 rings (SSSR count). The number of piperidine rings is 1. The molecule has 0 spiro atoms. The van der Waals surface area contributed by atoms with Crippen molar-refractivity contribution >= 4 is 35.1 Å². The van der Waals surface area contributed by atoms with Crippen LogP contribution in [0.25, 0.3) is 0 Å². The molecule has 0 radical (unpaired) electrons. The first-order chi connectivity index (χ1) is 12.4. The molecule has 0 saturated carbocycles. The first kappa shape index (κ1) is 18.1. The molecule has 0 aromatic heterocycles. The third-order valence-electron chi connectivity index (χ3n) is 4.89. The molecule has 2 saturated heterocycles. The van der Waals surface area contributed by atoms with Crippen molar-refractivity contribution < 1.29 is 24.3 Å². The van der Waals surface area contributed by atoms with Crippen molar-refractivity contribution in [3.63, 3.8) is 0 Å². The van der Waals surface area contributed by atoms with E-state index in [0.29, 0.717) is 37.3 Å². The number of carbonyl (C=O) groups excluding carboxylic acids is 3. The van der Waals surface area contributed by atoms with Gasteiger partial charge in [0.05, 0.1) is 24.1 Å². The number of nitrogens with one attached hydrogen (secondary N) is 1. The van der Waals surface area contributed by atoms with Gasteiger partial charge in [-0.2, -0.15) is 0 Å². The minimum atomic E-state index is -0.806. The highest BCUT2D eigenvalue weighted by molar-refractivity contribution is 6.22. The second-order valence-corrected chi connectivity index (χ2v) is 6.66. The maximum atomic E-state index is 12.8.